The first-order chi connectivity index (χ1) is 21.5. The second-order valence-electron chi connectivity index (χ2n) is 11.1. The minimum absolute atomic E-state index is 0.312. The van der Waals surface area contributed by atoms with E-state index in [1.54, 1.807) is 24.4 Å². The van der Waals surface area contributed by atoms with Crippen molar-refractivity contribution in [1.82, 2.24) is 14.9 Å². The Morgan fingerprint density at radius 1 is 0.889 bits per heavy atom. The summed E-state index contributed by atoms with van der Waals surface area (Å²) in [5.74, 6) is -2.12. The van der Waals surface area contributed by atoms with Gasteiger partial charge in [0.1, 0.15) is 5.82 Å². The number of aromatic nitrogens is 2. The van der Waals surface area contributed by atoms with Gasteiger partial charge in [-0.3, -0.25) is 4.79 Å². The van der Waals surface area contributed by atoms with E-state index in [-0.39, 0.29) is 0 Å². The summed E-state index contributed by atoms with van der Waals surface area (Å²) < 4.78 is 53.9. The first kappa shape index (κ1) is 30.0. The van der Waals surface area contributed by atoms with Crippen LogP contribution in [0.4, 0.5) is 40.6 Å². The molecule has 4 aromatic carbocycles. The Labute approximate surface area is 257 Å². The molecular formula is C34H30F4N6O. The van der Waals surface area contributed by atoms with E-state index in [0.717, 1.165) is 71.6 Å². The summed E-state index contributed by atoms with van der Waals surface area (Å²) in [6.07, 6.45) is -3.19. The molecule has 2 heterocycles. The maximum Gasteiger partial charge on any atom is 0.419 e. The van der Waals surface area contributed by atoms with E-state index in [0.29, 0.717) is 17.7 Å². The lowest BCUT2D eigenvalue weighted by Gasteiger charge is -2.34. The largest absolute Gasteiger partial charge is 0.419 e. The lowest BCUT2D eigenvalue weighted by molar-refractivity contribution is -0.140. The number of rotatable bonds is 6. The smallest absolute Gasteiger partial charge is 0.369 e. The second kappa shape index (κ2) is 12.2. The molecule has 0 spiro atoms. The molecule has 7 nitrogen and oxygen atoms in total. The lowest BCUT2D eigenvalue weighted by Crippen LogP contribution is -2.44. The molecule has 1 aliphatic rings. The highest BCUT2D eigenvalue weighted by Crippen LogP contribution is 2.33. The number of aryl methyl sites for hydroxylation is 1. The Bertz CT molecular complexity index is 1870. The van der Waals surface area contributed by atoms with Crippen LogP contribution >= 0.6 is 0 Å². The minimum Gasteiger partial charge on any atom is -0.369 e. The van der Waals surface area contributed by atoms with Crippen LogP contribution in [-0.4, -0.2) is 54.0 Å². The summed E-state index contributed by atoms with van der Waals surface area (Å²) in [5, 5.41) is 6.58. The Morgan fingerprint density at radius 2 is 1.62 bits per heavy atom. The van der Waals surface area contributed by atoms with Gasteiger partial charge in [0.05, 0.1) is 16.6 Å². The van der Waals surface area contributed by atoms with Crippen LogP contribution in [0, 0.1) is 12.7 Å². The van der Waals surface area contributed by atoms with Gasteiger partial charge in [-0.2, -0.15) is 13.2 Å². The number of piperazine rings is 1. The summed E-state index contributed by atoms with van der Waals surface area (Å²) in [7, 11) is 2.13. The van der Waals surface area contributed by atoms with Gasteiger partial charge in [0.2, 0.25) is 5.95 Å². The highest BCUT2D eigenvalue weighted by atomic mass is 19.4. The number of nitrogens with zero attached hydrogens (tertiary/aromatic N) is 4. The minimum atomic E-state index is -4.91. The number of benzene rings is 4. The topological polar surface area (TPSA) is 73.4 Å². The van der Waals surface area contributed by atoms with E-state index in [2.05, 4.69) is 49.6 Å². The number of halogens is 4. The maximum atomic E-state index is 14.5. The number of likely N-dealkylation sites (N-methyl/N-ethyl adjacent to an activating group) is 1. The average molecular weight is 615 g/mol. The first-order valence-corrected chi connectivity index (χ1v) is 14.4. The van der Waals surface area contributed by atoms with Crippen molar-refractivity contribution in [3.8, 4) is 11.1 Å². The molecule has 5 aromatic rings. The van der Waals surface area contributed by atoms with Crippen LogP contribution < -0.4 is 15.5 Å². The van der Waals surface area contributed by atoms with Crippen LogP contribution in [0.15, 0.2) is 85.1 Å². The Morgan fingerprint density at radius 3 is 2.36 bits per heavy atom. The molecule has 0 radical (unpaired) electrons. The summed E-state index contributed by atoms with van der Waals surface area (Å²) >= 11 is 0. The van der Waals surface area contributed by atoms with Crippen LogP contribution in [0.1, 0.15) is 21.5 Å². The van der Waals surface area contributed by atoms with Crippen LogP contribution in [0.25, 0.3) is 22.0 Å². The normalized spacial score (nSPS) is 14.0. The fraction of sp³-hybridized carbons (Fsp3) is 0.206. The molecule has 0 atom stereocenters. The van der Waals surface area contributed by atoms with Gasteiger partial charge < -0.3 is 20.4 Å². The van der Waals surface area contributed by atoms with Gasteiger partial charge in [0, 0.05) is 54.8 Å². The molecule has 0 saturated carbocycles. The molecule has 45 heavy (non-hydrogen) atoms. The monoisotopic (exact) mass is 614 g/mol. The Balaban J connectivity index is 1.18. The lowest BCUT2D eigenvalue weighted by atomic mass is 9.98. The van der Waals surface area contributed by atoms with Crippen molar-refractivity contribution >= 4 is 39.8 Å². The molecule has 0 aliphatic carbocycles. The Kier molecular flexibility index (Phi) is 8.11. The molecule has 2 N–H and O–H groups in total. The fourth-order valence-corrected chi connectivity index (χ4v) is 5.35. The number of alkyl halides is 3. The third-order valence-corrected chi connectivity index (χ3v) is 7.93. The highest BCUT2D eigenvalue weighted by molar-refractivity contribution is 6.05. The van der Waals surface area contributed by atoms with Gasteiger partial charge in [-0.1, -0.05) is 18.2 Å². The van der Waals surface area contributed by atoms with Crippen molar-refractivity contribution in [2.45, 2.75) is 13.1 Å². The van der Waals surface area contributed by atoms with Gasteiger partial charge in [0.25, 0.3) is 5.91 Å². The zero-order valence-electron chi connectivity index (χ0n) is 24.6. The van der Waals surface area contributed by atoms with Gasteiger partial charge >= 0.3 is 6.18 Å². The van der Waals surface area contributed by atoms with Crippen molar-refractivity contribution in [1.29, 1.82) is 0 Å². The third-order valence-electron chi connectivity index (χ3n) is 7.93. The van der Waals surface area contributed by atoms with E-state index >= 15 is 0 Å². The second-order valence-corrected chi connectivity index (χ2v) is 11.1. The molecular weight excluding hydrogens is 584 g/mol. The number of nitrogens with one attached hydrogen (secondary N) is 2. The summed E-state index contributed by atoms with van der Waals surface area (Å²) in [4.78, 5) is 26.6. The van der Waals surface area contributed by atoms with E-state index in [1.165, 1.54) is 5.69 Å². The highest BCUT2D eigenvalue weighted by Gasteiger charge is 2.35. The number of anilines is 4. The molecule has 230 valence electrons. The standard InChI is InChI=1S/C34H30F4N6O/c1-21-6-8-25(40-32(45)27-4-3-5-29(31(27)35)34(36,37)38)19-28(21)22-7-13-30-23(18-22)20-39-33(42-30)41-24-9-11-26(12-10-24)44-16-14-43(2)15-17-44/h3-13,18-20H,14-17H2,1-2H3,(H,40,45)(H,39,41,42). The van der Waals surface area contributed by atoms with Crippen LogP contribution in [0.5, 0.6) is 0 Å². The first-order valence-electron chi connectivity index (χ1n) is 14.4. The van der Waals surface area contributed by atoms with E-state index in [1.807, 2.05) is 37.3 Å². The van der Waals surface area contributed by atoms with E-state index in [4.69, 9.17) is 0 Å². The molecule has 1 saturated heterocycles. The summed E-state index contributed by atoms with van der Waals surface area (Å²) in [6.45, 7) is 5.97. The molecule has 1 fully saturated rings. The number of hydrogen-bond acceptors (Lipinski definition) is 6. The van der Waals surface area contributed by atoms with Gasteiger partial charge in [-0.05, 0) is 91.3 Å². The van der Waals surface area contributed by atoms with Crippen LogP contribution in [0.3, 0.4) is 0 Å². The Hall–Kier alpha value is -5.03. The quantitative estimate of drug-likeness (QED) is 0.193. The molecule has 0 unspecified atom stereocenters. The van der Waals surface area contributed by atoms with Gasteiger partial charge in [-0.15, -0.1) is 0 Å². The number of carbonyl (C=O) groups excluding carboxylic acids is 1. The van der Waals surface area contributed by atoms with E-state index < -0.39 is 29.0 Å². The van der Waals surface area contributed by atoms with Gasteiger partial charge in [0.15, 0.2) is 0 Å². The van der Waals surface area contributed by atoms with Crippen molar-refractivity contribution in [2.24, 2.45) is 0 Å². The maximum absolute atomic E-state index is 14.5. The zero-order chi connectivity index (χ0) is 31.7. The number of hydrogen-bond donors (Lipinski definition) is 2. The van der Waals surface area contributed by atoms with E-state index in [9.17, 15) is 22.4 Å². The van der Waals surface area contributed by atoms with Crippen LogP contribution in [-0.2, 0) is 6.18 Å². The summed E-state index contributed by atoms with van der Waals surface area (Å²) in [5.41, 5.74) is 3.43. The summed E-state index contributed by atoms with van der Waals surface area (Å²) in [6, 6.07) is 21.6. The molecule has 0 bridgehead atoms. The van der Waals surface area contributed by atoms with Crippen molar-refractivity contribution < 1.29 is 22.4 Å². The predicted molar refractivity (Wildman–Crippen MR) is 169 cm³/mol. The molecule has 1 aromatic heterocycles. The van der Waals surface area contributed by atoms with Crippen LogP contribution in [0.2, 0.25) is 0 Å². The van der Waals surface area contributed by atoms with Crippen molar-refractivity contribution in [3.63, 3.8) is 0 Å². The van der Waals surface area contributed by atoms with Crippen molar-refractivity contribution in [3.05, 3.63) is 108 Å². The third kappa shape index (κ3) is 6.58. The van der Waals surface area contributed by atoms with Crippen molar-refractivity contribution in [2.75, 3.05) is 48.8 Å². The average Bonchev–Trinajstić information content (AvgIpc) is 3.02. The molecule has 6 rings (SSSR count). The molecule has 11 heteroatoms. The van der Waals surface area contributed by atoms with Gasteiger partial charge in [-0.25, -0.2) is 14.4 Å². The SMILES string of the molecule is Cc1ccc(NC(=O)c2cccc(C(F)(F)F)c2F)cc1-c1ccc2nc(Nc3ccc(N4CCN(C)CC4)cc3)ncc2c1. The number of fused-ring (bicyclic) bond motifs is 1. The number of carbonyl (C=O) groups is 1. The fourth-order valence-electron chi connectivity index (χ4n) is 5.35. The number of amides is 1. The zero-order valence-corrected chi connectivity index (χ0v) is 24.6. The predicted octanol–water partition coefficient (Wildman–Crippen LogP) is 7.51. The molecule has 1 aliphatic heterocycles. The molecule has 1 amide bonds.